The van der Waals surface area contributed by atoms with Crippen LogP contribution in [0.5, 0.6) is 5.75 Å². The maximum absolute atomic E-state index is 9.32. The molecule has 2 nitrogen and oxygen atoms in total. The summed E-state index contributed by atoms with van der Waals surface area (Å²) in [5.41, 5.74) is 1.18. The summed E-state index contributed by atoms with van der Waals surface area (Å²) in [5.74, 6) is 0.781. The number of aryl methyl sites for hydroxylation is 1. The molecule has 0 spiro atoms. The molecule has 0 aromatic heterocycles. The second-order valence-electron chi connectivity index (χ2n) is 3.31. The average Bonchev–Trinajstić information content (AvgIpc) is 2.16. The molecule has 0 radical (unpaired) electrons. The van der Waals surface area contributed by atoms with E-state index in [9.17, 15) is 5.11 Å². The van der Waals surface area contributed by atoms with E-state index in [0.29, 0.717) is 13.0 Å². The lowest BCUT2D eigenvalue weighted by Gasteiger charge is -2.11. The first-order valence-electron chi connectivity index (χ1n) is 4.70. The van der Waals surface area contributed by atoms with Gasteiger partial charge >= 0.3 is 0 Å². The quantitative estimate of drug-likeness (QED) is 0.900. The molecular weight excluding hydrogens is 244 g/mol. The second kappa shape index (κ2) is 5.37. The summed E-state index contributed by atoms with van der Waals surface area (Å²) < 4.78 is 6.38. The first-order valence-corrected chi connectivity index (χ1v) is 5.49. The molecule has 0 amide bonds. The molecule has 1 aromatic rings. The molecule has 1 aromatic carbocycles. The van der Waals surface area contributed by atoms with Crippen LogP contribution >= 0.6 is 15.9 Å². The van der Waals surface area contributed by atoms with Crippen LogP contribution in [0.2, 0.25) is 0 Å². The smallest absolute Gasteiger partial charge is 0.133 e. The molecule has 1 atom stereocenters. The van der Waals surface area contributed by atoms with E-state index >= 15 is 0 Å². The minimum absolute atomic E-state index is 0.345. The lowest BCUT2D eigenvalue weighted by molar-refractivity contribution is 0.104. The average molecular weight is 259 g/mol. The zero-order valence-corrected chi connectivity index (χ0v) is 10.0. The highest BCUT2D eigenvalue weighted by atomic mass is 79.9. The predicted octanol–water partition coefficient (Wildman–Crippen LogP) is 2.91. The van der Waals surface area contributed by atoms with Gasteiger partial charge in [0, 0.05) is 0 Å². The van der Waals surface area contributed by atoms with Gasteiger partial charge in [0.2, 0.25) is 0 Å². The summed E-state index contributed by atoms with van der Waals surface area (Å²) >= 11 is 3.41. The van der Waals surface area contributed by atoms with Gasteiger partial charge in [0.15, 0.2) is 0 Å². The van der Waals surface area contributed by atoms with Crippen LogP contribution in [0.3, 0.4) is 0 Å². The van der Waals surface area contributed by atoms with Crippen LogP contribution in [0.15, 0.2) is 22.7 Å². The third kappa shape index (κ3) is 3.31. The van der Waals surface area contributed by atoms with Crippen LogP contribution in [0.4, 0.5) is 0 Å². The number of aliphatic hydroxyl groups excluding tert-OH is 1. The molecule has 0 aliphatic carbocycles. The molecular formula is C11H15BrO2. The van der Waals surface area contributed by atoms with Crippen LogP contribution < -0.4 is 4.74 Å². The molecule has 14 heavy (non-hydrogen) atoms. The Balaban J connectivity index is 2.59. The summed E-state index contributed by atoms with van der Waals surface area (Å²) in [4.78, 5) is 0. The minimum Gasteiger partial charge on any atom is -0.490 e. The molecule has 0 aliphatic rings. The number of benzene rings is 1. The fourth-order valence-corrected chi connectivity index (χ4v) is 1.63. The largest absolute Gasteiger partial charge is 0.490 e. The molecule has 0 saturated carbocycles. The number of ether oxygens (including phenoxy) is 1. The van der Waals surface area contributed by atoms with Crippen LogP contribution in [-0.4, -0.2) is 17.8 Å². The highest BCUT2D eigenvalue weighted by molar-refractivity contribution is 9.10. The zero-order chi connectivity index (χ0) is 10.6. The van der Waals surface area contributed by atoms with Gasteiger partial charge in [0.25, 0.3) is 0 Å². The van der Waals surface area contributed by atoms with Crippen LogP contribution in [0.1, 0.15) is 18.9 Å². The van der Waals surface area contributed by atoms with Gasteiger partial charge in [-0.15, -0.1) is 0 Å². The molecule has 3 heteroatoms. The summed E-state index contributed by atoms with van der Waals surface area (Å²) in [6.07, 6.45) is 0.326. The van der Waals surface area contributed by atoms with Crippen molar-refractivity contribution in [1.29, 1.82) is 0 Å². The molecule has 0 heterocycles. The topological polar surface area (TPSA) is 29.5 Å². The molecule has 0 saturated heterocycles. The van der Waals surface area contributed by atoms with Gasteiger partial charge in [0.05, 0.1) is 10.6 Å². The van der Waals surface area contributed by atoms with Crippen molar-refractivity contribution < 1.29 is 9.84 Å². The number of hydrogen-bond acceptors (Lipinski definition) is 2. The van der Waals surface area contributed by atoms with Gasteiger partial charge in [-0.05, 0) is 47.0 Å². The minimum atomic E-state index is -0.386. The highest BCUT2D eigenvalue weighted by Gasteiger charge is 2.04. The third-order valence-electron chi connectivity index (χ3n) is 1.99. The fraction of sp³-hybridized carbons (Fsp3) is 0.455. The first kappa shape index (κ1) is 11.5. The van der Waals surface area contributed by atoms with E-state index in [-0.39, 0.29) is 6.10 Å². The van der Waals surface area contributed by atoms with E-state index < -0.39 is 0 Å². The Hall–Kier alpha value is -0.540. The van der Waals surface area contributed by atoms with E-state index in [1.54, 1.807) is 0 Å². The number of aliphatic hydroxyl groups is 1. The Morgan fingerprint density at radius 3 is 2.79 bits per heavy atom. The van der Waals surface area contributed by atoms with Crippen molar-refractivity contribution in [2.45, 2.75) is 26.4 Å². The lowest BCUT2D eigenvalue weighted by atomic mass is 10.2. The molecule has 0 fully saturated rings. The van der Waals surface area contributed by atoms with Gasteiger partial charge in [-0.25, -0.2) is 0 Å². The Kier molecular flexibility index (Phi) is 4.42. The zero-order valence-electron chi connectivity index (χ0n) is 8.46. The van der Waals surface area contributed by atoms with Crippen LogP contribution in [0.25, 0.3) is 0 Å². The standard InChI is InChI=1S/C11H15BrO2/c1-3-9(13)7-14-11-5-4-8(2)6-10(11)12/h4-6,9,13H,3,7H2,1-2H3. The van der Waals surface area contributed by atoms with E-state index in [4.69, 9.17) is 4.74 Å². The van der Waals surface area contributed by atoms with E-state index in [2.05, 4.69) is 15.9 Å². The summed E-state index contributed by atoms with van der Waals surface area (Å²) in [7, 11) is 0. The second-order valence-corrected chi connectivity index (χ2v) is 4.16. The van der Waals surface area contributed by atoms with Gasteiger partial charge < -0.3 is 9.84 Å². The van der Waals surface area contributed by atoms with Crippen molar-refractivity contribution in [3.63, 3.8) is 0 Å². The van der Waals surface area contributed by atoms with Crippen molar-refractivity contribution in [3.05, 3.63) is 28.2 Å². The fourth-order valence-electron chi connectivity index (χ4n) is 1.03. The molecule has 78 valence electrons. The van der Waals surface area contributed by atoms with E-state index in [1.807, 2.05) is 32.0 Å². The molecule has 1 unspecified atom stereocenters. The summed E-state index contributed by atoms with van der Waals surface area (Å²) in [6.45, 7) is 4.30. The number of hydrogen-bond donors (Lipinski definition) is 1. The molecule has 0 bridgehead atoms. The molecule has 0 aliphatic heterocycles. The van der Waals surface area contributed by atoms with Crippen LogP contribution in [-0.2, 0) is 0 Å². The predicted molar refractivity (Wildman–Crippen MR) is 60.7 cm³/mol. The third-order valence-corrected chi connectivity index (χ3v) is 2.61. The Bertz CT molecular complexity index is 299. The number of halogens is 1. The molecule has 1 N–H and O–H groups in total. The first-order chi connectivity index (χ1) is 6.63. The Morgan fingerprint density at radius 2 is 2.21 bits per heavy atom. The van der Waals surface area contributed by atoms with Gasteiger partial charge in [-0.3, -0.25) is 0 Å². The molecule has 1 rings (SSSR count). The van der Waals surface area contributed by atoms with Crippen molar-refractivity contribution in [2.75, 3.05) is 6.61 Å². The maximum Gasteiger partial charge on any atom is 0.133 e. The maximum atomic E-state index is 9.32. The monoisotopic (exact) mass is 258 g/mol. The van der Waals surface area contributed by atoms with E-state index in [0.717, 1.165) is 10.2 Å². The van der Waals surface area contributed by atoms with E-state index in [1.165, 1.54) is 5.56 Å². The summed E-state index contributed by atoms with van der Waals surface area (Å²) in [6, 6.07) is 5.88. The Morgan fingerprint density at radius 1 is 1.50 bits per heavy atom. The lowest BCUT2D eigenvalue weighted by Crippen LogP contribution is -2.16. The summed E-state index contributed by atoms with van der Waals surface area (Å²) in [5, 5.41) is 9.32. The number of rotatable bonds is 4. The van der Waals surface area contributed by atoms with Crippen molar-refractivity contribution in [1.82, 2.24) is 0 Å². The normalized spacial score (nSPS) is 12.6. The van der Waals surface area contributed by atoms with Gasteiger partial charge in [0.1, 0.15) is 12.4 Å². The van der Waals surface area contributed by atoms with Gasteiger partial charge in [-0.1, -0.05) is 13.0 Å². The SMILES string of the molecule is CCC(O)COc1ccc(C)cc1Br. The highest BCUT2D eigenvalue weighted by Crippen LogP contribution is 2.25. The van der Waals surface area contributed by atoms with Crippen molar-refractivity contribution in [2.24, 2.45) is 0 Å². The van der Waals surface area contributed by atoms with Gasteiger partial charge in [-0.2, -0.15) is 0 Å². The van der Waals surface area contributed by atoms with Crippen molar-refractivity contribution >= 4 is 15.9 Å². The van der Waals surface area contributed by atoms with Crippen LogP contribution in [0, 0.1) is 6.92 Å². The van der Waals surface area contributed by atoms with Crippen molar-refractivity contribution in [3.8, 4) is 5.75 Å². The Labute approximate surface area is 93.0 Å².